The molecule has 7 nitrogen and oxygen atoms in total. The van der Waals surface area contributed by atoms with Gasteiger partial charge in [-0.25, -0.2) is 9.67 Å². The summed E-state index contributed by atoms with van der Waals surface area (Å²) in [5.74, 6) is 0.288. The maximum Gasteiger partial charge on any atom is 0.272 e. The number of thiazole rings is 1. The normalized spacial score (nSPS) is 10.8. The first-order chi connectivity index (χ1) is 13.6. The largest absolute Gasteiger partial charge is 0.345 e. The van der Waals surface area contributed by atoms with Crippen LogP contribution in [0.3, 0.4) is 0 Å². The number of carbonyl (C=O) groups excluding carboxylic acids is 1. The Morgan fingerprint density at radius 3 is 2.61 bits per heavy atom. The van der Waals surface area contributed by atoms with Crippen molar-refractivity contribution in [1.29, 1.82) is 0 Å². The summed E-state index contributed by atoms with van der Waals surface area (Å²) in [7, 11) is 0. The Bertz CT molecular complexity index is 1100. The molecule has 28 heavy (non-hydrogen) atoms. The summed E-state index contributed by atoms with van der Waals surface area (Å²) in [5.41, 5.74) is 3.99. The van der Waals surface area contributed by atoms with Gasteiger partial charge < -0.3 is 5.32 Å². The molecule has 3 aromatic heterocycles. The lowest BCUT2D eigenvalue weighted by Gasteiger charge is -2.05. The Balaban J connectivity index is 1.40. The first-order valence-corrected chi connectivity index (χ1v) is 9.63. The van der Waals surface area contributed by atoms with Crippen molar-refractivity contribution in [3.63, 3.8) is 0 Å². The van der Waals surface area contributed by atoms with Gasteiger partial charge in [0.25, 0.3) is 5.91 Å². The third-order valence-corrected chi connectivity index (χ3v) is 5.05. The number of amides is 1. The van der Waals surface area contributed by atoms with E-state index in [0.29, 0.717) is 12.4 Å². The van der Waals surface area contributed by atoms with Crippen LogP contribution < -0.4 is 5.32 Å². The van der Waals surface area contributed by atoms with Gasteiger partial charge in [-0.05, 0) is 32.0 Å². The van der Waals surface area contributed by atoms with E-state index >= 15 is 0 Å². The number of carbonyl (C=O) groups is 1. The topological polar surface area (TPSA) is 85.6 Å². The standard InChI is InChI=1S/C20H18N6OS/c1-13-10-14(2)26(25-13)18-9-8-17(23-24-18)19(27)21-11-16-12-28-20(22-16)15-6-4-3-5-7-15/h3-10,12H,11H2,1-2H3,(H,21,27). The predicted molar refractivity (Wildman–Crippen MR) is 107 cm³/mol. The van der Waals surface area contributed by atoms with E-state index in [1.165, 1.54) is 0 Å². The van der Waals surface area contributed by atoms with Crippen LogP contribution in [0.1, 0.15) is 27.6 Å². The average Bonchev–Trinajstić information content (AvgIpc) is 3.33. The van der Waals surface area contributed by atoms with Crippen LogP contribution in [0, 0.1) is 13.8 Å². The number of aryl methyl sites for hydroxylation is 2. The molecule has 3 heterocycles. The Kier molecular flexibility index (Phi) is 4.94. The van der Waals surface area contributed by atoms with Gasteiger partial charge in [0.15, 0.2) is 11.5 Å². The van der Waals surface area contributed by atoms with Crippen LogP contribution in [-0.4, -0.2) is 30.9 Å². The predicted octanol–water partition coefficient (Wildman–Crippen LogP) is 3.33. The summed E-state index contributed by atoms with van der Waals surface area (Å²) in [6.45, 7) is 4.20. The van der Waals surface area contributed by atoms with Gasteiger partial charge in [0.05, 0.1) is 17.9 Å². The molecule has 0 fully saturated rings. The summed E-state index contributed by atoms with van der Waals surface area (Å²) in [4.78, 5) is 16.9. The van der Waals surface area contributed by atoms with Crippen molar-refractivity contribution in [2.45, 2.75) is 20.4 Å². The molecule has 0 saturated heterocycles. The maximum absolute atomic E-state index is 12.4. The smallest absolute Gasteiger partial charge is 0.272 e. The summed E-state index contributed by atoms with van der Waals surface area (Å²) in [6.07, 6.45) is 0. The molecule has 4 rings (SSSR count). The first-order valence-electron chi connectivity index (χ1n) is 8.75. The number of hydrogen-bond acceptors (Lipinski definition) is 6. The van der Waals surface area contributed by atoms with E-state index in [-0.39, 0.29) is 11.6 Å². The monoisotopic (exact) mass is 390 g/mol. The van der Waals surface area contributed by atoms with Crippen molar-refractivity contribution >= 4 is 17.2 Å². The number of hydrogen-bond donors (Lipinski definition) is 1. The van der Waals surface area contributed by atoms with Gasteiger partial charge >= 0.3 is 0 Å². The van der Waals surface area contributed by atoms with Crippen LogP contribution in [0.2, 0.25) is 0 Å². The molecule has 4 aromatic rings. The lowest BCUT2D eigenvalue weighted by Crippen LogP contribution is -2.24. The van der Waals surface area contributed by atoms with Crippen molar-refractivity contribution < 1.29 is 4.79 Å². The summed E-state index contributed by atoms with van der Waals surface area (Å²) < 4.78 is 1.70. The average molecular weight is 390 g/mol. The molecule has 1 N–H and O–H groups in total. The molecule has 0 radical (unpaired) electrons. The molecule has 0 atom stereocenters. The van der Waals surface area contributed by atoms with Crippen LogP contribution in [0.15, 0.2) is 53.9 Å². The minimum absolute atomic E-state index is 0.254. The van der Waals surface area contributed by atoms with Crippen LogP contribution in [-0.2, 0) is 6.54 Å². The van der Waals surface area contributed by atoms with Gasteiger partial charge in [0.2, 0.25) is 0 Å². The van der Waals surface area contributed by atoms with E-state index in [1.54, 1.807) is 28.2 Å². The Hall–Kier alpha value is -3.39. The van der Waals surface area contributed by atoms with Crippen LogP contribution in [0.25, 0.3) is 16.4 Å². The summed E-state index contributed by atoms with van der Waals surface area (Å²) in [5, 5.41) is 18.2. The molecule has 0 saturated carbocycles. The SMILES string of the molecule is Cc1cc(C)n(-c2ccc(C(=O)NCc3csc(-c4ccccc4)n3)nn2)n1. The third kappa shape index (κ3) is 3.81. The van der Waals surface area contributed by atoms with Crippen molar-refractivity contribution in [2.24, 2.45) is 0 Å². The maximum atomic E-state index is 12.4. The molecular formula is C20H18N6OS. The molecule has 140 valence electrons. The highest BCUT2D eigenvalue weighted by Crippen LogP contribution is 2.23. The fourth-order valence-electron chi connectivity index (χ4n) is 2.78. The molecule has 1 amide bonds. The van der Waals surface area contributed by atoms with Gasteiger partial charge in [-0.1, -0.05) is 30.3 Å². The number of nitrogens with one attached hydrogen (secondary N) is 1. The second-order valence-electron chi connectivity index (χ2n) is 6.31. The van der Waals surface area contributed by atoms with E-state index in [2.05, 4.69) is 25.6 Å². The van der Waals surface area contributed by atoms with Gasteiger partial charge in [-0.15, -0.1) is 21.5 Å². The molecular weight excluding hydrogens is 372 g/mol. The molecule has 0 spiro atoms. The molecule has 0 bridgehead atoms. The minimum Gasteiger partial charge on any atom is -0.345 e. The highest BCUT2D eigenvalue weighted by atomic mass is 32.1. The second-order valence-corrected chi connectivity index (χ2v) is 7.17. The van der Waals surface area contributed by atoms with Crippen molar-refractivity contribution in [3.8, 4) is 16.4 Å². The van der Waals surface area contributed by atoms with Crippen molar-refractivity contribution in [1.82, 2.24) is 30.3 Å². The minimum atomic E-state index is -0.290. The summed E-state index contributed by atoms with van der Waals surface area (Å²) in [6, 6.07) is 15.3. The Labute approximate surface area is 166 Å². The zero-order valence-corrected chi connectivity index (χ0v) is 16.3. The number of benzene rings is 1. The van der Waals surface area contributed by atoms with E-state index in [4.69, 9.17) is 0 Å². The summed E-state index contributed by atoms with van der Waals surface area (Å²) >= 11 is 1.55. The number of aromatic nitrogens is 5. The van der Waals surface area contributed by atoms with Crippen molar-refractivity contribution in [3.05, 3.63) is 76.7 Å². The first kappa shape index (κ1) is 18.0. The van der Waals surface area contributed by atoms with Gasteiger partial charge in [-0.3, -0.25) is 4.79 Å². The molecule has 1 aromatic carbocycles. The van der Waals surface area contributed by atoms with E-state index in [1.807, 2.05) is 55.6 Å². The molecule has 8 heteroatoms. The van der Waals surface area contributed by atoms with Crippen LogP contribution in [0.5, 0.6) is 0 Å². The van der Waals surface area contributed by atoms with Crippen molar-refractivity contribution in [2.75, 3.05) is 0 Å². The molecule has 0 unspecified atom stereocenters. The molecule has 0 aliphatic heterocycles. The van der Waals surface area contributed by atoms with E-state index < -0.39 is 0 Å². The van der Waals surface area contributed by atoms with Crippen LogP contribution >= 0.6 is 11.3 Å². The Morgan fingerprint density at radius 1 is 1.11 bits per heavy atom. The molecule has 0 aliphatic carbocycles. The van der Waals surface area contributed by atoms with Gasteiger partial charge in [-0.2, -0.15) is 5.10 Å². The third-order valence-electron chi connectivity index (χ3n) is 4.11. The zero-order chi connectivity index (χ0) is 19.5. The highest BCUT2D eigenvalue weighted by molar-refractivity contribution is 7.13. The van der Waals surface area contributed by atoms with E-state index in [0.717, 1.165) is 27.7 Å². The zero-order valence-electron chi connectivity index (χ0n) is 15.5. The fraction of sp³-hybridized carbons (Fsp3) is 0.150. The van der Waals surface area contributed by atoms with Gasteiger partial charge in [0, 0.05) is 16.6 Å². The highest BCUT2D eigenvalue weighted by Gasteiger charge is 2.12. The fourth-order valence-corrected chi connectivity index (χ4v) is 3.61. The number of rotatable bonds is 5. The molecule has 0 aliphatic rings. The van der Waals surface area contributed by atoms with Crippen LogP contribution in [0.4, 0.5) is 0 Å². The van der Waals surface area contributed by atoms with Gasteiger partial charge in [0.1, 0.15) is 5.01 Å². The van der Waals surface area contributed by atoms with E-state index in [9.17, 15) is 4.79 Å². The quantitative estimate of drug-likeness (QED) is 0.565. The lowest BCUT2D eigenvalue weighted by molar-refractivity contribution is 0.0944. The Morgan fingerprint density at radius 2 is 1.93 bits per heavy atom. The second kappa shape index (κ2) is 7.69. The number of nitrogens with zero attached hydrogens (tertiary/aromatic N) is 5. The lowest BCUT2D eigenvalue weighted by atomic mass is 10.2.